The van der Waals surface area contributed by atoms with Gasteiger partial charge in [-0.2, -0.15) is 0 Å². The zero-order valence-electron chi connectivity index (χ0n) is 14.9. The summed E-state index contributed by atoms with van der Waals surface area (Å²) >= 11 is 6.24. The number of anilines is 1. The van der Waals surface area contributed by atoms with Crippen LogP contribution in [0.3, 0.4) is 0 Å². The molecule has 2 aromatic heterocycles. The Bertz CT molecular complexity index is 969. The van der Waals surface area contributed by atoms with Gasteiger partial charge >= 0.3 is 5.97 Å². The summed E-state index contributed by atoms with van der Waals surface area (Å²) in [5.41, 5.74) is 1.57. The second-order valence-corrected chi connectivity index (χ2v) is 6.97. The van der Waals surface area contributed by atoms with Crippen LogP contribution >= 0.6 is 11.6 Å². The number of para-hydroxylation sites is 1. The van der Waals surface area contributed by atoms with Gasteiger partial charge in [0.15, 0.2) is 5.82 Å². The van der Waals surface area contributed by atoms with E-state index < -0.39 is 0 Å². The van der Waals surface area contributed by atoms with Crippen LogP contribution in [0.15, 0.2) is 42.7 Å². The summed E-state index contributed by atoms with van der Waals surface area (Å²) in [4.78, 5) is 27.4. The molecule has 1 aromatic carbocycles. The van der Waals surface area contributed by atoms with E-state index in [2.05, 4.69) is 19.9 Å². The van der Waals surface area contributed by atoms with Crippen LogP contribution in [0.5, 0.6) is 0 Å². The van der Waals surface area contributed by atoms with Crippen LogP contribution < -0.4 is 4.90 Å². The molecule has 4 rings (SSSR count). The molecule has 0 atom stereocenters. The second kappa shape index (κ2) is 7.48. The van der Waals surface area contributed by atoms with E-state index in [1.165, 1.54) is 7.11 Å². The average molecular weight is 383 g/mol. The summed E-state index contributed by atoms with van der Waals surface area (Å²) in [5, 5.41) is 1.51. The number of fused-ring (bicyclic) bond motifs is 1. The van der Waals surface area contributed by atoms with Crippen molar-refractivity contribution >= 4 is 34.3 Å². The van der Waals surface area contributed by atoms with Gasteiger partial charge in [-0.1, -0.05) is 23.7 Å². The van der Waals surface area contributed by atoms with E-state index >= 15 is 0 Å². The third-order valence-electron chi connectivity index (χ3n) is 4.92. The molecule has 0 N–H and O–H groups in total. The minimum Gasteiger partial charge on any atom is -0.469 e. The van der Waals surface area contributed by atoms with Gasteiger partial charge in [-0.25, -0.2) is 15.0 Å². The fraction of sp³-hybridized carbons (Fsp3) is 0.300. The summed E-state index contributed by atoms with van der Waals surface area (Å²) in [5.74, 6) is 1.35. The molecule has 1 aliphatic heterocycles. The maximum absolute atomic E-state index is 11.6. The van der Waals surface area contributed by atoms with E-state index in [0.29, 0.717) is 10.8 Å². The summed E-state index contributed by atoms with van der Waals surface area (Å²) in [6.45, 7) is 1.57. The molecule has 0 unspecified atom stereocenters. The number of hydrogen-bond acceptors (Lipinski definition) is 6. The third kappa shape index (κ3) is 3.57. The molecular weight excluding hydrogens is 364 g/mol. The van der Waals surface area contributed by atoms with E-state index in [-0.39, 0.29) is 11.9 Å². The van der Waals surface area contributed by atoms with Crippen molar-refractivity contribution in [1.82, 2.24) is 15.0 Å². The largest absolute Gasteiger partial charge is 0.469 e. The Kier molecular flexibility index (Phi) is 4.90. The Morgan fingerprint density at radius 2 is 1.96 bits per heavy atom. The molecule has 7 heteroatoms. The number of halogens is 1. The van der Waals surface area contributed by atoms with Gasteiger partial charge in [-0.05, 0) is 31.0 Å². The predicted molar refractivity (Wildman–Crippen MR) is 105 cm³/mol. The number of carbonyl (C=O) groups excluding carboxylic acids is 1. The van der Waals surface area contributed by atoms with Gasteiger partial charge in [0, 0.05) is 36.4 Å². The summed E-state index contributed by atoms with van der Waals surface area (Å²) in [7, 11) is 1.44. The van der Waals surface area contributed by atoms with E-state index in [4.69, 9.17) is 16.3 Å². The number of methoxy groups -OCH3 is 1. The molecule has 0 bridgehead atoms. The van der Waals surface area contributed by atoms with E-state index in [9.17, 15) is 4.79 Å². The Labute approximate surface area is 162 Å². The first-order valence-electron chi connectivity index (χ1n) is 8.86. The molecule has 0 spiro atoms. The Morgan fingerprint density at radius 1 is 1.15 bits per heavy atom. The van der Waals surface area contributed by atoms with Crippen LogP contribution in [0.25, 0.3) is 22.3 Å². The molecule has 3 aromatic rings. The number of aromatic nitrogens is 3. The lowest BCUT2D eigenvalue weighted by atomic mass is 9.97. The number of carbonyl (C=O) groups is 1. The van der Waals surface area contributed by atoms with Crippen molar-refractivity contribution in [2.24, 2.45) is 5.92 Å². The van der Waals surface area contributed by atoms with E-state index in [0.717, 1.165) is 48.2 Å². The number of hydrogen-bond donors (Lipinski definition) is 0. The van der Waals surface area contributed by atoms with Crippen LogP contribution in [0.2, 0.25) is 5.02 Å². The lowest BCUT2D eigenvalue weighted by molar-refractivity contribution is -0.146. The maximum atomic E-state index is 11.6. The van der Waals surface area contributed by atoms with Crippen LogP contribution in [0.4, 0.5) is 5.82 Å². The molecule has 0 saturated carbocycles. The van der Waals surface area contributed by atoms with Gasteiger partial charge in [-0.3, -0.25) is 4.79 Å². The first kappa shape index (κ1) is 17.7. The lowest BCUT2D eigenvalue weighted by Gasteiger charge is -2.31. The quantitative estimate of drug-likeness (QED) is 0.643. The van der Waals surface area contributed by atoms with Gasteiger partial charge in [0.2, 0.25) is 0 Å². The van der Waals surface area contributed by atoms with Gasteiger partial charge in [-0.15, -0.1) is 0 Å². The number of piperidine rings is 1. The molecule has 1 saturated heterocycles. The van der Waals surface area contributed by atoms with Gasteiger partial charge in [0.25, 0.3) is 0 Å². The molecule has 1 aliphatic rings. The minimum absolute atomic E-state index is 0.0127. The molecule has 3 heterocycles. The Balaban J connectivity index is 1.51. The fourth-order valence-electron chi connectivity index (χ4n) is 3.38. The first-order valence-corrected chi connectivity index (χ1v) is 9.24. The third-order valence-corrected chi connectivity index (χ3v) is 5.23. The zero-order valence-corrected chi connectivity index (χ0v) is 15.7. The van der Waals surface area contributed by atoms with Gasteiger partial charge in [0.1, 0.15) is 5.82 Å². The SMILES string of the molecule is COC(=O)C1CCN(c2ccc(-c3ncc4cccc(Cl)c4n3)cn2)CC1. The number of benzene rings is 1. The highest BCUT2D eigenvalue weighted by Crippen LogP contribution is 2.26. The smallest absolute Gasteiger partial charge is 0.308 e. The predicted octanol–water partition coefficient (Wildman–Crippen LogP) is 3.73. The van der Waals surface area contributed by atoms with Crippen LogP contribution in [-0.2, 0) is 9.53 Å². The topological polar surface area (TPSA) is 68.2 Å². The van der Waals surface area contributed by atoms with Crippen LogP contribution in [-0.4, -0.2) is 41.1 Å². The Hall–Kier alpha value is -2.73. The highest BCUT2D eigenvalue weighted by atomic mass is 35.5. The molecule has 138 valence electrons. The molecule has 0 radical (unpaired) electrons. The molecule has 6 nitrogen and oxygen atoms in total. The molecule has 1 fully saturated rings. The van der Waals surface area contributed by atoms with Crippen molar-refractivity contribution in [2.75, 3.05) is 25.1 Å². The second-order valence-electron chi connectivity index (χ2n) is 6.56. The molecule has 0 aliphatic carbocycles. The summed E-state index contributed by atoms with van der Waals surface area (Å²) in [6.07, 6.45) is 5.11. The van der Waals surface area contributed by atoms with E-state index in [1.807, 2.05) is 30.3 Å². The summed E-state index contributed by atoms with van der Waals surface area (Å²) in [6, 6.07) is 9.57. The van der Waals surface area contributed by atoms with Crippen molar-refractivity contribution in [3.8, 4) is 11.4 Å². The molecule has 27 heavy (non-hydrogen) atoms. The van der Waals surface area contributed by atoms with Crippen molar-refractivity contribution in [1.29, 1.82) is 0 Å². The summed E-state index contributed by atoms with van der Waals surface area (Å²) < 4.78 is 4.84. The number of nitrogens with zero attached hydrogens (tertiary/aromatic N) is 4. The number of esters is 1. The van der Waals surface area contributed by atoms with Crippen LogP contribution in [0, 0.1) is 5.92 Å². The highest BCUT2D eigenvalue weighted by Gasteiger charge is 2.26. The highest BCUT2D eigenvalue weighted by molar-refractivity contribution is 6.35. The number of rotatable bonds is 3. The fourth-order valence-corrected chi connectivity index (χ4v) is 3.60. The van der Waals surface area contributed by atoms with Crippen molar-refractivity contribution < 1.29 is 9.53 Å². The molecular formula is C20H19ClN4O2. The maximum Gasteiger partial charge on any atom is 0.308 e. The zero-order chi connectivity index (χ0) is 18.8. The minimum atomic E-state index is -0.120. The molecule has 0 amide bonds. The van der Waals surface area contributed by atoms with Gasteiger partial charge < -0.3 is 9.64 Å². The Morgan fingerprint density at radius 3 is 2.67 bits per heavy atom. The monoisotopic (exact) mass is 382 g/mol. The van der Waals surface area contributed by atoms with Crippen molar-refractivity contribution in [3.05, 3.63) is 47.7 Å². The van der Waals surface area contributed by atoms with Crippen molar-refractivity contribution in [2.45, 2.75) is 12.8 Å². The van der Waals surface area contributed by atoms with Crippen molar-refractivity contribution in [3.63, 3.8) is 0 Å². The lowest BCUT2D eigenvalue weighted by Crippen LogP contribution is -2.37. The van der Waals surface area contributed by atoms with Gasteiger partial charge in [0.05, 0.1) is 23.6 Å². The average Bonchev–Trinajstić information content (AvgIpc) is 2.73. The normalized spacial score (nSPS) is 15.1. The first-order chi connectivity index (χ1) is 13.2. The standard InChI is InChI=1S/C20H19ClN4O2/c1-27-20(26)13-7-9-25(10-8-13)17-6-5-15(12-22-17)19-23-11-14-3-2-4-16(21)18(14)24-19/h2-6,11-13H,7-10H2,1H3. The number of ether oxygens (including phenoxy) is 1. The van der Waals surface area contributed by atoms with Crippen LogP contribution in [0.1, 0.15) is 12.8 Å². The number of pyridine rings is 1. The van der Waals surface area contributed by atoms with E-state index in [1.54, 1.807) is 12.4 Å².